The fourth-order valence-corrected chi connectivity index (χ4v) is 4.78. The Morgan fingerprint density at radius 1 is 0.262 bits per heavy atom. The first-order valence-corrected chi connectivity index (χ1v) is 12.2. The van der Waals surface area contributed by atoms with E-state index in [0.717, 1.165) is 0 Å². The van der Waals surface area contributed by atoms with E-state index in [2.05, 4.69) is 0 Å². The third kappa shape index (κ3) is 4.00. The maximum absolute atomic E-state index is 9.90. The van der Waals surface area contributed by atoms with Crippen LogP contribution in [0.15, 0.2) is 169 Å². The lowest BCUT2D eigenvalue weighted by Gasteiger charge is -2.20. The van der Waals surface area contributed by atoms with Crippen LogP contribution in [0, 0.1) is 0 Å². The first-order chi connectivity index (χ1) is 32.5. The zero-order chi connectivity index (χ0) is 52.2. The smallest absolute Gasteiger partial charge is 0.0622 e. The molecule has 0 amide bonds. The molecular weight excluding hydrogens is 504 g/mol. The van der Waals surface area contributed by atoms with Gasteiger partial charge in [0.05, 0.1) is 38.4 Å². The van der Waals surface area contributed by atoms with E-state index >= 15 is 0 Å². The van der Waals surface area contributed by atoms with E-state index < -0.39 is 246 Å². The summed E-state index contributed by atoms with van der Waals surface area (Å²) >= 11 is 0. The second kappa shape index (κ2) is 10.2. The Hall–Kier alpha value is -5.46. The van der Waals surface area contributed by atoms with Crippen molar-refractivity contribution in [3.8, 4) is 44.5 Å². The van der Waals surface area contributed by atoms with Crippen LogP contribution in [0.25, 0.3) is 76.8 Å². The lowest BCUT2D eigenvalue weighted by atomic mass is 9.83. The van der Waals surface area contributed by atoms with Gasteiger partial charge in [-0.1, -0.05) is 163 Å². The van der Waals surface area contributed by atoms with Crippen molar-refractivity contribution < 1.29 is 38.4 Å². The van der Waals surface area contributed by atoms with Crippen LogP contribution in [-0.2, 0) is 0 Å². The highest BCUT2D eigenvalue weighted by Crippen LogP contribution is 2.47. The summed E-state index contributed by atoms with van der Waals surface area (Å²) in [5.41, 5.74) is -6.63. The SMILES string of the molecule is [2H]c1c([2H])c([2H])c(-c2c([2H])c([2H])c3c(-c4c([2H])c([2H])c(-c5c([2H])c([2H])c([2H])c([2H])c5[2H])c5c([2H])c([2H])c([2H])c([2H])c45)c4c([2H])c([2H])c([2H])c([2H])c4c(-c4c([2H])c([2H])c([2H])c([2H])c4[2H])c3c2[2H])c([2H])c1[2H]. The largest absolute Gasteiger partial charge is 0.0636 e. The van der Waals surface area contributed by atoms with Gasteiger partial charge in [-0.15, -0.1) is 0 Å². The summed E-state index contributed by atoms with van der Waals surface area (Å²) in [6.07, 6.45) is 0. The molecule has 0 nitrogen and oxygen atoms in total. The van der Waals surface area contributed by atoms with Gasteiger partial charge in [0.15, 0.2) is 0 Å². The highest BCUT2D eigenvalue weighted by atomic mass is 14.2. The Morgan fingerprint density at radius 2 is 0.714 bits per heavy atom. The minimum atomic E-state index is -1.13. The Bertz CT molecular complexity index is 3710. The number of hydrogen-bond acceptors (Lipinski definition) is 0. The lowest BCUT2D eigenvalue weighted by molar-refractivity contribution is 1.63. The Kier molecular flexibility index (Phi) is 2.19. The van der Waals surface area contributed by atoms with E-state index in [-0.39, 0.29) is 0 Å². The molecule has 0 fully saturated rings. The molecule has 0 bridgehead atoms. The molecule has 8 aromatic carbocycles. The van der Waals surface area contributed by atoms with Crippen LogP contribution in [0.5, 0.6) is 0 Å². The van der Waals surface area contributed by atoms with Crippen LogP contribution in [-0.4, -0.2) is 0 Å². The molecule has 8 rings (SSSR count). The van der Waals surface area contributed by atoms with E-state index in [1.165, 1.54) is 0 Å². The Morgan fingerprint density at radius 3 is 1.36 bits per heavy atom. The van der Waals surface area contributed by atoms with Crippen molar-refractivity contribution in [2.75, 3.05) is 0 Å². The average Bonchev–Trinajstić information content (AvgIpc) is 3.33. The van der Waals surface area contributed by atoms with Crippen LogP contribution < -0.4 is 0 Å². The van der Waals surface area contributed by atoms with Gasteiger partial charge in [-0.3, -0.25) is 0 Å². The zero-order valence-electron chi connectivity index (χ0n) is 49.0. The molecule has 0 atom stereocenters. The van der Waals surface area contributed by atoms with Crippen molar-refractivity contribution in [1.82, 2.24) is 0 Å². The predicted molar refractivity (Wildman–Crippen MR) is 181 cm³/mol. The number of fused-ring (bicyclic) bond motifs is 3. The van der Waals surface area contributed by atoms with Gasteiger partial charge in [0.1, 0.15) is 0 Å². The average molecular weight is 561 g/mol. The molecule has 0 saturated heterocycles. The van der Waals surface area contributed by atoms with Crippen LogP contribution in [0.2, 0.25) is 0 Å². The van der Waals surface area contributed by atoms with E-state index in [0.29, 0.717) is 0 Å². The molecule has 0 saturated carbocycles. The van der Waals surface area contributed by atoms with Gasteiger partial charge in [0.25, 0.3) is 0 Å². The van der Waals surface area contributed by atoms with Gasteiger partial charge < -0.3 is 0 Å². The number of rotatable bonds is 4. The Balaban J connectivity index is 1.84. The van der Waals surface area contributed by atoms with Gasteiger partial charge in [0, 0.05) is 0 Å². The summed E-state index contributed by atoms with van der Waals surface area (Å²) < 4.78 is 250. The van der Waals surface area contributed by atoms with Crippen molar-refractivity contribution >= 4 is 32.3 Å². The van der Waals surface area contributed by atoms with Crippen LogP contribution in [0.3, 0.4) is 0 Å². The second-order valence-electron chi connectivity index (χ2n) is 8.75. The lowest BCUT2D eigenvalue weighted by Crippen LogP contribution is -1.93. The van der Waals surface area contributed by atoms with Crippen molar-refractivity contribution in [3.05, 3.63) is 169 Å². The maximum atomic E-state index is 9.90. The molecule has 0 unspecified atom stereocenters. The van der Waals surface area contributed by atoms with Crippen molar-refractivity contribution in [1.29, 1.82) is 0 Å². The highest BCUT2D eigenvalue weighted by Gasteiger charge is 2.19. The fourth-order valence-electron chi connectivity index (χ4n) is 4.78. The quantitative estimate of drug-likeness (QED) is 0.188. The van der Waals surface area contributed by atoms with Gasteiger partial charge in [-0.25, -0.2) is 0 Å². The summed E-state index contributed by atoms with van der Waals surface area (Å²) in [7, 11) is 0. The monoisotopic (exact) mass is 560 g/mol. The van der Waals surface area contributed by atoms with Crippen LogP contribution in [0.4, 0.5) is 0 Å². The topological polar surface area (TPSA) is 0 Å². The molecule has 0 spiro atoms. The molecule has 8 aromatic rings. The third-order valence-electron chi connectivity index (χ3n) is 6.50. The highest BCUT2D eigenvalue weighted by molar-refractivity contribution is 6.24. The molecule has 0 heteroatoms. The second-order valence-corrected chi connectivity index (χ2v) is 8.75. The minimum Gasteiger partial charge on any atom is -0.0622 e. The molecule has 0 heterocycles. The third-order valence-corrected chi connectivity index (χ3v) is 6.50. The summed E-state index contributed by atoms with van der Waals surface area (Å²) in [6.45, 7) is 0. The van der Waals surface area contributed by atoms with Gasteiger partial charge >= 0.3 is 0 Å². The standard InChI is InChI=1S/C42H28/c1-4-14-29(15-5-1)32-24-25-39-40(28-32)41(31-18-8-3-9-19-31)36-22-12-13-23-37(36)42(39)38-27-26-33(30-16-6-2-7-17-30)34-20-10-11-21-35(34)38/h1-28H/i1D,2D,3D,4D,5D,6D,7D,8D,9D,10D,11D,12D,13D,14D,15D,16D,17D,18D,19D,20D,21D,22D,23D,24D,25D,26D,27D,28D. The number of hydrogen-bond donors (Lipinski definition) is 0. The predicted octanol–water partition coefficient (Wildman–Crippen LogP) is 11.8. The van der Waals surface area contributed by atoms with Gasteiger partial charge in [-0.2, -0.15) is 0 Å². The van der Waals surface area contributed by atoms with Gasteiger partial charge in [-0.05, 0) is 82.9 Å². The summed E-state index contributed by atoms with van der Waals surface area (Å²) in [5, 5.41) is -4.87. The number of benzene rings is 8. The summed E-state index contributed by atoms with van der Waals surface area (Å²) in [6, 6.07) is -28.2. The fraction of sp³-hybridized carbons (Fsp3) is 0. The first-order valence-electron chi connectivity index (χ1n) is 26.2. The first kappa shape index (κ1) is 9.02. The van der Waals surface area contributed by atoms with E-state index in [1.54, 1.807) is 0 Å². The molecule has 0 aliphatic carbocycles. The Labute approximate surface area is 285 Å². The molecule has 0 radical (unpaired) electrons. The molecule has 0 aliphatic heterocycles. The molecule has 42 heavy (non-hydrogen) atoms. The molecule has 0 N–H and O–H groups in total. The van der Waals surface area contributed by atoms with E-state index in [4.69, 9.17) is 26.0 Å². The minimum absolute atomic E-state index is 0.767. The molecular formula is C42H28. The van der Waals surface area contributed by atoms with E-state index in [1.807, 2.05) is 0 Å². The van der Waals surface area contributed by atoms with E-state index in [9.17, 15) is 12.3 Å². The van der Waals surface area contributed by atoms with Crippen molar-refractivity contribution in [2.45, 2.75) is 0 Å². The summed E-state index contributed by atoms with van der Waals surface area (Å²) in [4.78, 5) is 0. The molecule has 0 aromatic heterocycles. The molecule has 0 aliphatic rings. The van der Waals surface area contributed by atoms with Crippen LogP contribution in [0.1, 0.15) is 38.4 Å². The van der Waals surface area contributed by atoms with Gasteiger partial charge in [0.2, 0.25) is 0 Å². The van der Waals surface area contributed by atoms with Crippen LogP contribution >= 0.6 is 0 Å². The zero-order valence-corrected chi connectivity index (χ0v) is 21.0. The summed E-state index contributed by atoms with van der Waals surface area (Å²) in [5.74, 6) is 0. The maximum Gasteiger partial charge on any atom is 0.0636 e. The molecule has 196 valence electrons. The van der Waals surface area contributed by atoms with Crippen molar-refractivity contribution in [3.63, 3.8) is 0 Å². The van der Waals surface area contributed by atoms with Crippen molar-refractivity contribution in [2.24, 2.45) is 0 Å². The normalized spacial score (nSPS) is 20.7.